The summed E-state index contributed by atoms with van der Waals surface area (Å²) in [4.78, 5) is 16.3. The zero-order valence-electron chi connectivity index (χ0n) is 11.4. The van der Waals surface area contributed by atoms with E-state index in [4.69, 9.17) is 4.74 Å². The van der Waals surface area contributed by atoms with E-state index in [-0.39, 0.29) is 5.91 Å². The van der Waals surface area contributed by atoms with Crippen LogP contribution in [0.2, 0.25) is 0 Å². The molecule has 1 aliphatic rings. The molecule has 1 amide bonds. The fraction of sp³-hybridized carbons (Fsp3) is 0.429. The predicted molar refractivity (Wildman–Crippen MR) is 74.2 cm³/mol. The van der Waals surface area contributed by atoms with Crippen LogP contribution in [-0.4, -0.2) is 25.5 Å². The summed E-state index contributed by atoms with van der Waals surface area (Å²) >= 11 is 0. The van der Waals surface area contributed by atoms with Crippen LogP contribution >= 0.6 is 0 Å². The Hall–Kier alpha value is -2.04. The topological polar surface area (TPSA) is 62.7 Å². The minimum Gasteiger partial charge on any atom is -0.497 e. The van der Waals surface area contributed by atoms with Crippen molar-refractivity contribution < 1.29 is 9.53 Å². The molecule has 1 atom stereocenters. The quantitative estimate of drug-likeness (QED) is 0.862. The molecule has 0 bridgehead atoms. The molecular formula is C14H19N3O2. The van der Waals surface area contributed by atoms with Crippen LogP contribution in [0, 0.1) is 5.92 Å². The number of hydrogen-bond donors (Lipinski definition) is 2. The first-order valence-electron chi connectivity index (χ1n) is 6.36. The van der Waals surface area contributed by atoms with Gasteiger partial charge in [-0.05, 0) is 23.6 Å². The average Bonchev–Trinajstić information content (AvgIpc) is 2.78. The third kappa shape index (κ3) is 3.24. The summed E-state index contributed by atoms with van der Waals surface area (Å²) in [6, 6.07) is 7.06. The molecule has 2 rings (SSSR count). The maximum Gasteiger partial charge on any atom is 0.253 e. The molecule has 5 heteroatoms. The number of hydrogen-bond acceptors (Lipinski definition) is 3. The molecule has 19 heavy (non-hydrogen) atoms. The molecule has 0 aliphatic carbocycles. The van der Waals surface area contributed by atoms with Crippen molar-refractivity contribution in [1.29, 1.82) is 0 Å². The zero-order valence-corrected chi connectivity index (χ0v) is 11.4. The van der Waals surface area contributed by atoms with Gasteiger partial charge in [-0.15, -0.1) is 0 Å². The molecule has 0 spiro atoms. The van der Waals surface area contributed by atoms with Crippen LogP contribution < -0.4 is 15.4 Å². The maximum atomic E-state index is 11.9. The van der Waals surface area contributed by atoms with Gasteiger partial charge in [-0.2, -0.15) is 0 Å². The van der Waals surface area contributed by atoms with Crippen LogP contribution in [0.25, 0.3) is 0 Å². The molecule has 1 fully saturated rings. The van der Waals surface area contributed by atoms with Gasteiger partial charge in [0, 0.05) is 6.54 Å². The van der Waals surface area contributed by atoms with E-state index in [0.29, 0.717) is 18.4 Å². The van der Waals surface area contributed by atoms with Crippen molar-refractivity contribution in [2.24, 2.45) is 10.9 Å². The Labute approximate surface area is 113 Å². The number of ether oxygens (including phenoxy) is 1. The first-order chi connectivity index (χ1) is 9.10. The number of nitrogens with one attached hydrogen (secondary N) is 2. The molecule has 1 saturated heterocycles. The summed E-state index contributed by atoms with van der Waals surface area (Å²) in [5, 5.41) is 5.85. The molecular weight excluding hydrogens is 242 g/mol. The Bertz CT molecular complexity index is 497. The SMILES string of the molecule is COc1cccc(C2NC(=NCC(C)C)NC2=O)c1. The Morgan fingerprint density at radius 2 is 2.21 bits per heavy atom. The van der Waals surface area contributed by atoms with Crippen molar-refractivity contribution in [3.05, 3.63) is 29.8 Å². The van der Waals surface area contributed by atoms with Crippen LogP contribution in [0.5, 0.6) is 5.75 Å². The van der Waals surface area contributed by atoms with E-state index in [1.54, 1.807) is 7.11 Å². The summed E-state index contributed by atoms with van der Waals surface area (Å²) in [5.41, 5.74) is 0.867. The third-order valence-corrected chi connectivity index (χ3v) is 2.83. The number of aliphatic imine (C=N–C) groups is 1. The highest BCUT2D eigenvalue weighted by Gasteiger charge is 2.29. The number of rotatable bonds is 4. The van der Waals surface area contributed by atoms with E-state index < -0.39 is 6.04 Å². The largest absolute Gasteiger partial charge is 0.497 e. The summed E-state index contributed by atoms with van der Waals surface area (Å²) in [7, 11) is 1.61. The summed E-state index contributed by atoms with van der Waals surface area (Å²) in [6.45, 7) is 4.86. The highest BCUT2D eigenvalue weighted by atomic mass is 16.5. The fourth-order valence-corrected chi connectivity index (χ4v) is 1.84. The number of benzene rings is 1. The van der Waals surface area contributed by atoms with E-state index in [1.807, 2.05) is 24.3 Å². The fourth-order valence-electron chi connectivity index (χ4n) is 1.84. The maximum absolute atomic E-state index is 11.9. The first-order valence-corrected chi connectivity index (χ1v) is 6.36. The Kier molecular flexibility index (Phi) is 4.04. The molecule has 1 aromatic carbocycles. The van der Waals surface area contributed by atoms with Crippen molar-refractivity contribution in [3.63, 3.8) is 0 Å². The van der Waals surface area contributed by atoms with Gasteiger partial charge in [-0.3, -0.25) is 15.1 Å². The van der Waals surface area contributed by atoms with Gasteiger partial charge in [-0.25, -0.2) is 0 Å². The smallest absolute Gasteiger partial charge is 0.253 e. The van der Waals surface area contributed by atoms with Gasteiger partial charge >= 0.3 is 0 Å². The molecule has 102 valence electrons. The van der Waals surface area contributed by atoms with E-state index in [2.05, 4.69) is 29.5 Å². The Morgan fingerprint density at radius 3 is 2.89 bits per heavy atom. The standard InChI is InChI=1S/C14H19N3O2/c1-9(2)8-15-14-16-12(13(18)17-14)10-5-4-6-11(7-10)19-3/h4-7,9,12H,8H2,1-3H3,(H2,15,16,17,18). The number of carbonyl (C=O) groups is 1. The van der Waals surface area contributed by atoms with Crippen LogP contribution in [0.1, 0.15) is 25.5 Å². The molecule has 0 saturated carbocycles. The van der Waals surface area contributed by atoms with Gasteiger partial charge < -0.3 is 10.1 Å². The monoisotopic (exact) mass is 261 g/mol. The molecule has 5 nitrogen and oxygen atoms in total. The lowest BCUT2D eigenvalue weighted by Crippen LogP contribution is -2.26. The number of guanidine groups is 1. The normalized spacial score (nSPS) is 20.5. The van der Waals surface area contributed by atoms with E-state index >= 15 is 0 Å². The molecule has 1 aliphatic heterocycles. The van der Waals surface area contributed by atoms with Crippen molar-refractivity contribution in [3.8, 4) is 5.75 Å². The van der Waals surface area contributed by atoms with Crippen LogP contribution in [0.3, 0.4) is 0 Å². The van der Waals surface area contributed by atoms with Gasteiger partial charge in [0.1, 0.15) is 11.8 Å². The lowest BCUT2D eigenvalue weighted by Gasteiger charge is -2.09. The van der Waals surface area contributed by atoms with Crippen molar-refractivity contribution >= 4 is 11.9 Å². The predicted octanol–water partition coefficient (Wildman–Crippen LogP) is 1.47. The minimum absolute atomic E-state index is 0.0873. The molecule has 1 heterocycles. The number of methoxy groups -OCH3 is 1. The van der Waals surface area contributed by atoms with E-state index in [1.165, 1.54) is 0 Å². The number of carbonyl (C=O) groups excluding carboxylic acids is 1. The van der Waals surface area contributed by atoms with Gasteiger partial charge in [0.15, 0.2) is 5.96 Å². The van der Waals surface area contributed by atoms with Gasteiger partial charge in [0.05, 0.1) is 7.11 Å². The van der Waals surface area contributed by atoms with Gasteiger partial charge in [-0.1, -0.05) is 26.0 Å². The average molecular weight is 261 g/mol. The second-order valence-corrected chi connectivity index (χ2v) is 4.93. The lowest BCUT2D eigenvalue weighted by molar-refractivity contribution is -0.120. The number of nitrogens with zero attached hydrogens (tertiary/aromatic N) is 1. The zero-order chi connectivity index (χ0) is 13.8. The molecule has 2 N–H and O–H groups in total. The first kappa shape index (κ1) is 13.4. The summed E-state index contributed by atoms with van der Waals surface area (Å²) in [5.74, 6) is 1.66. The number of amides is 1. The van der Waals surface area contributed by atoms with E-state index in [9.17, 15) is 4.79 Å². The lowest BCUT2D eigenvalue weighted by atomic mass is 10.1. The van der Waals surface area contributed by atoms with E-state index in [0.717, 1.165) is 11.3 Å². The third-order valence-electron chi connectivity index (χ3n) is 2.83. The highest BCUT2D eigenvalue weighted by Crippen LogP contribution is 2.21. The minimum atomic E-state index is -0.402. The molecule has 1 aromatic rings. The van der Waals surface area contributed by atoms with Crippen LogP contribution in [0.15, 0.2) is 29.3 Å². The van der Waals surface area contributed by atoms with Gasteiger partial charge in [0.2, 0.25) is 0 Å². The molecule has 0 radical (unpaired) electrons. The second kappa shape index (κ2) is 5.73. The van der Waals surface area contributed by atoms with Crippen molar-refractivity contribution in [2.45, 2.75) is 19.9 Å². The summed E-state index contributed by atoms with van der Waals surface area (Å²) in [6.07, 6.45) is 0. The second-order valence-electron chi connectivity index (χ2n) is 4.93. The Morgan fingerprint density at radius 1 is 1.42 bits per heavy atom. The van der Waals surface area contributed by atoms with Gasteiger partial charge in [0.25, 0.3) is 5.91 Å². The summed E-state index contributed by atoms with van der Waals surface area (Å²) < 4.78 is 5.17. The van der Waals surface area contributed by atoms with Crippen molar-refractivity contribution in [1.82, 2.24) is 10.6 Å². The van der Waals surface area contributed by atoms with Crippen LogP contribution in [-0.2, 0) is 4.79 Å². The van der Waals surface area contributed by atoms with Crippen molar-refractivity contribution in [2.75, 3.05) is 13.7 Å². The molecule has 1 unspecified atom stereocenters. The highest BCUT2D eigenvalue weighted by molar-refractivity contribution is 6.06. The Balaban J connectivity index is 2.13. The van der Waals surface area contributed by atoms with Crippen LogP contribution in [0.4, 0.5) is 0 Å². The molecule has 0 aromatic heterocycles.